The normalized spacial score (nSPS) is 22.5. The highest BCUT2D eigenvalue weighted by atomic mass is 15.2. The average molecular weight is 362 g/mol. The van der Waals surface area contributed by atoms with Crippen LogP contribution in [0, 0.1) is 0 Å². The van der Waals surface area contributed by atoms with Gasteiger partial charge in [0, 0.05) is 91.6 Å². The molecule has 2 fully saturated rings. The molecule has 26 heavy (non-hydrogen) atoms. The minimum atomic E-state index is 0.931. The molecular formula is C19H35N7. The van der Waals surface area contributed by atoms with E-state index in [0.29, 0.717) is 0 Å². The minimum absolute atomic E-state index is 0.931. The molecule has 7 heteroatoms. The fraction of sp³-hybridized carbons (Fsp3) is 0.737. The fourth-order valence-electron chi connectivity index (χ4n) is 3.51. The smallest absolute Gasteiger partial charge is 0.0547 e. The van der Waals surface area contributed by atoms with Crippen LogP contribution in [0.25, 0.3) is 0 Å². The van der Waals surface area contributed by atoms with Crippen LogP contribution < -0.4 is 21.3 Å². The molecule has 7 nitrogen and oxygen atoms in total. The average Bonchev–Trinajstić information content (AvgIpc) is 2.86. The number of aromatic nitrogens is 1. The molecule has 2 saturated heterocycles. The summed E-state index contributed by atoms with van der Waals surface area (Å²) in [5.41, 5.74) is 2.37. The van der Waals surface area contributed by atoms with Gasteiger partial charge in [-0.05, 0) is 12.1 Å². The first kappa shape index (κ1) is 19.7. The van der Waals surface area contributed by atoms with Crippen LogP contribution in [0.4, 0.5) is 0 Å². The van der Waals surface area contributed by atoms with Crippen molar-refractivity contribution < 1.29 is 0 Å². The lowest BCUT2D eigenvalue weighted by atomic mass is 10.2. The molecule has 0 radical (unpaired) electrons. The lowest BCUT2D eigenvalue weighted by Gasteiger charge is -2.23. The van der Waals surface area contributed by atoms with Crippen LogP contribution in [0.15, 0.2) is 18.2 Å². The quantitative estimate of drug-likeness (QED) is 0.553. The van der Waals surface area contributed by atoms with E-state index < -0.39 is 0 Å². The molecule has 0 amide bonds. The monoisotopic (exact) mass is 361 g/mol. The molecule has 146 valence electrons. The second kappa shape index (κ2) is 11.6. The van der Waals surface area contributed by atoms with Gasteiger partial charge in [-0.15, -0.1) is 0 Å². The van der Waals surface area contributed by atoms with Crippen LogP contribution in [-0.2, 0) is 13.1 Å². The lowest BCUT2D eigenvalue weighted by molar-refractivity contribution is 0.262. The Hall–Kier alpha value is -1.09. The Morgan fingerprint density at radius 2 is 1.00 bits per heavy atom. The van der Waals surface area contributed by atoms with E-state index in [4.69, 9.17) is 4.98 Å². The maximum Gasteiger partial charge on any atom is 0.0547 e. The zero-order valence-electron chi connectivity index (χ0n) is 16.0. The Morgan fingerprint density at radius 3 is 1.38 bits per heavy atom. The molecule has 2 aliphatic rings. The molecule has 0 saturated carbocycles. The van der Waals surface area contributed by atoms with Gasteiger partial charge < -0.3 is 21.3 Å². The number of rotatable bonds is 4. The Balaban J connectivity index is 1.54. The Morgan fingerprint density at radius 1 is 0.615 bits per heavy atom. The highest BCUT2D eigenvalue weighted by Crippen LogP contribution is 2.07. The van der Waals surface area contributed by atoms with Crippen LogP contribution in [0.2, 0.25) is 0 Å². The number of hydrogen-bond acceptors (Lipinski definition) is 7. The lowest BCUT2D eigenvalue weighted by Crippen LogP contribution is -2.34. The third-order valence-corrected chi connectivity index (χ3v) is 5.01. The zero-order chi connectivity index (χ0) is 17.9. The molecule has 0 bridgehead atoms. The van der Waals surface area contributed by atoms with Gasteiger partial charge in [0.25, 0.3) is 0 Å². The van der Waals surface area contributed by atoms with Gasteiger partial charge in [0.15, 0.2) is 0 Å². The van der Waals surface area contributed by atoms with Gasteiger partial charge in [-0.1, -0.05) is 6.07 Å². The maximum atomic E-state index is 4.95. The molecule has 4 N–H and O–H groups in total. The Labute approximate surface area is 157 Å². The number of pyridine rings is 1. The van der Waals surface area contributed by atoms with Crippen molar-refractivity contribution in [3.05, 3.63) is 29.6 Å². The van der Waals surface area contributed by atoms with Crippen LogP contribution in [0.3, 0.4) is 0 Å². The van der Waals surface area contributed by atoms with E-state index in [1.54, 1.807) is 0 Å². The summed E-state index contributed by atoms with van der Waals surface area (Å²) in [6.07, 6.45) is 0. The highest BCUT2D eigenvalue weighted by Gasteiger charge is 2.11. The van der Waals surface area contributed by atoms with E-state index >= 15 is 0 Å². The van der Waals surface area contributed by atoms with Crippen LogP contribution in [0.5, 0.6) is 0 Å². The molecule has 2 aliphatic heterocycles. The molecule has 1 aromatic heterocycles. The summed E-state index contributed by atoms with van der Waals surface area (Å²) in [5.74, 6) is 0. The van der Waals surface area contributed by atoms with Gasteiger partial charge in [-0.25, -0.2) is 0 Å². The first-order chi connectivity index (χ1) is 12.9. The first-order valence-corrected chi connectivity index (χ1v) is 10.1. The molecule has 0 aliphatic carbocycles. The van der Waals surface area contributed by atoms with Crippen LogP contribution >= 0.6 is 0 Å². The summed E-state index contributed by atoms with van der Waals surface area (Å²) in [6.45, 7) is 14.6. The minimum Gasteiger partial charge on any atom is -0.314 e. The molecule has 0 spiro atoms. The first-order valence-electron chi connectivity index (χ1n) is 10.1. The maximum absolute atomic E-state index is 4.95. The van der Waals surface area contributed by atoms with E-state index in [9.17, 15) is 0 Å². The fourth-order valence-corrected chi connectivity index (χ4v) is 3.51. The zero-order valence-corrected chi connectivity index (χ0v) is 16.0. The molecule has 0 atom stereocenters. The van der Waals surface area contributed by atoms with Gasteiger partial charge in [0.1, 0.15) is 0 Å². The largest absolute Gasteiger partial charge is 0.314 e. The SMILES string of the molecule is c1cc(CN2CCNCCNCC2)nc(CN2CCNCCNCC2)c1. The molecular weight excluding hydrogens is 326 g/mol. The van der Waals surface area contributed by atoms with E-state index in [-0.39, 0.29) is 0 Å². The van der Waals surface area contributed by atoms with Crippen molar-refractivity contribution in [3.8, 4) is 0 Å². The van der Waals surface area contributed by atoms with E-state index in [1.807, 2.05) is 0 Å². The van der Waals surface area contributed by atoms with Crippen molar-refractivity contribution in [2.24, 2.45) is 0 Å². The predicted molar refractivity (Wildman–Crippen MR) is 106 cm³/mol. The van der Waals surface area contributed by atoms with Gasteiger partial charge in [-0.3, -0.25) is 14.8 Å². The van der Waals surface area contributed by atoms with Crippen molar-refractivity contribution in [3.63, 3.8) is 0 Å². The molecule has 0 aromatic carbocycles. The summed E-state index contributed by atoms with van der Waals surface area (Å²) in [4.78, 5) is 9.93. The van der Waals surface area contributed by atoms with Crippen molar-refractivity contribution in [1.82, 2.24) is 36.1 Å². The van der Waals surface area contributed by atoms with Crippen molar-refractivity contribution >= 4 is 0 Å². The number of nitrogens with zero attached hydrogens (tertiary/aromatic N) is 3. The molecule has 1 aromatic rings. The van der Waals surface area contributed by atoms with E-state index in [2.05, 4.69) is 49.3 Å². The van der Waals surface area contributed by atoms with Gasteiger partial charge in [-0.2, -0.15) is 0 Å². The summed E-state index contributed by atoms with van der Waals surface area (Å²) >= 11 is 0. The van der Waals surface area contributed by atoms with Crippen molar-refractivity contribution in [2.45, 2.75) is 13.1 Å². The summed E-state index contributed by atoms with van der Waals surface area (Å²) < 4.78 is 0. The second-order valence-corrected chi connectivity index (χ2v) is 7.17. The Kier molecular flexibility index (Phi) is 8.76. The number of nitrogens with one attached hydrogen (secondary N) is 4. The molecule has 0 unspecified atom stereocenters. The van der Waals surface area contributed by atoms with E-state index in [0.717, 1.165) is 91.6 Å². The molecule has 3 heterocycles. The molecule has 3 rings (SSSR count). The third-order valence-electron chi connectivity index (χ3n) is 5.01. The standard InChI is InChI=1S/C19H35N7/c1-2-18(16-25-12-8-20-4-5-21-9-13-25)24-19(3-1)17-26-14-10-22-6-7-23-11-15-26/h1-3,20-23H,4-17H2. The van der Waals surface area contributed by atoms with Crippen LogP contribution in [0.1, 0.15) is 11.4 Å². The summed E-state index contributed by atoms with van der Waals surface area (Å²) in [6, 6.07) is 6.49. The highest BCUT2D eigenvalue weighted by molar-refractivity contribution is 5.11. The summed E-state index contributed by atoms with van der Waals surface area (Å²) in [7, 11) is 0. The van der Waals surface area contributed by atoms with Crippen LogP contribution in [-0.4, -0.2) is 93.3 Å². The topological polar surface area (TPSA) is 67.5 Å². The predicted octanol–water partition coefficient (Wildman–Crippen LogP) is -0.929. The second-order valence-electron chi connectivity index (χ2n) is 7.17. The van der Waals surface area contributed by atoms with Gasteiger partial charge >= 0.3 is 0 Å². The van der Waals surface area contributed by atoms with Gasteiger partial charge in [0.05, 0.1) is 11.4 Å². The Bertz CT molecular complexity index is 449. The summed E-state index contributed by atoms with van der Waals surface area (Å²) in [5, 5.41) is 13.9. The third kappa shape index (κ3) is 7.26. The van der Waals surface area contributed by atoms with E-state index in [1.165, 1.54) is 11.4 Å². The van der Waals surface area contributed by atoms with Crippen molar-refractivity contribution in [2.75, 3.05) is 78.5 Å². The van der Waals surface area contributed by atoms with Gasteiger partial charge in [0.2, 0.25) is 0 Å². The van der Waals surface area contributed by atoms with Crippen molar-refractivity contribution in [1.29, 1.82) is 0 Å². The number of hydrogen-bond donors (Lipinski definition) is 4.